The maximum atomic E-state index is 12.1. The molecule has 0 aliphatic rings. The van der Waals surface area contributed by atoms with Gasteiger partial charge < -0.3 is 10.4 Å². The van der Waals surface area contributed by atoms with E-state index in [0.29, 0.717) is 11.3 Å². The summed E-state index contributed by atoms with van der Waals surface area (Å²) in [5, 5.41) is 27.2. The number of phenols is 1. The number of carbonyl (C=O) groups is 2. The zero-order valence-corrected chi connectivity index (χ0v) is 15.8. The first-order chi connectivity index (χ1) is 13.2. The van der Waals surface area contributed by atoms with Gasteiger partial charge in [-0.2, -0.15) is 5.10 Å². The highest BCUT2D eigenvalue weighted by molar-refractivity contribution is 6.31. The maximum Gasteiger partial charge on any atom is 0.275 e. The van der Waals surface area contributed by atoms with Gasteiger partial charge in [-0.15, -0.1) is 0 Å². The number of halogens is 1. The molecule has 0 heterocycles. The van der Waals surface area contributed by atoms with Gasteiger partial charge in [-0.3, -0.25) is 19.7 Å². The third-order valence-electron chi connectivity index (χ3n) is 3.67. The van der Waals surface area contributed by atoms with E-state index in [1.807, 2.05) is 0 Å². The van der Waals surface area contributed by atoms with Crippen LogP contribution in [0.5, 0.6) is 5.75 Å². The van der Waals surface area contributed by atoms with Gasteiger partial charge in [0.05, 0.1) is 22.6 Å². The molecule has 2 aromatic carbocycles. The molecule has 2 aromatic rings. The minimum absolute atomic E-state index is 0.0549. The lowest BCUT2D eigenvalue weighted by Crippen LogP contribution is -2.21. The molecule has 0 bridgehead atoms. The van der Waals surface area contributed by atoms with E-state index in [1.165, 1.54) is 43.3 Å². The molecular formula is C18H17ClN4O5. The number of amides is 2. The van der Waals surface area contributed by atoms with Crippen LogP contribution in [0.4, 0.5) is 11.4 Å². The predicted molar refractivity (Wildman–Crippen MR) is 105 cm³/mol. The Balaban J connectivity index is 2.00. The second kappa shape index (κ2) is 8.96. The Morgan fingerprint density at radius 2 is 1.96 bits per heavy atom. The molecule has 0 fully saturated rings. The Morgan fingerprint density at radius 3 is 2.64 bits per heavy atom. The summed E-state index contributed by atoms with van der Waals surface area (Å²) >= 11 is 5.79. The number of phenolic OH excluding ortho intramolecular Hbond substituents is 1. The number of nitrogens with one attached hydrogen (secondary N) is 2. The number of hydrazone groups is 1. The van der Waals surface area contributed by atoms with E-state index < -0.39 is 16.7 Å². The van der Waals surface area contributed by atoms with Crippen molar-refractivity contribution in [2.24, 2.45) is 5.10 Å². The largest absolute Gasteiger partial charge is 0.507 e. The Bertz CT molecular complexity index is 974. The number of aromatic hydroxyl groups is 1. The fourth-order valence-corrected chi connectivity index (χ4v) is 2.39. The topological polar surface area (TPSA) is 134 Å². The number of hydrogen-bond acceptors (Lipinski definition) is 6. The van der Waals surface area contributed by atoms with Crippen LogP contribution in [-0.4, -0.2) is 27.6 Å². The Kier molecular flexibility index (Phi) is 6.67. The van der Waals surface area contributed by atoms with Gasteiger partial charge in [0, 0.05) is 22.9 Å². The SMILES string of the molecule is CC(CC(=O)Nc1cc([N+](=O)[O-])ccc1C)=NNC(=O)c1cc(Cl)ccc1O. The average Bonchev–Trinajstić information content (AvgIpc) is 2.63. The van der Waals surface area contributed by atoms with Crippen LogP contribution in [0.2, 0.25) is 5.02 Å². The first-order valence-corrected chi connectivity index (χ1v) is 8.42. The van der Waals surface area contributed by atoms with Crippen molar-refractivity contribution in [3.8, 4) is 5.75 Å². The summed E-state index contributed by atoms with van der Waals surface area (Å²) in [5.41, 5.74) is 3.31. The molecule has 9 nitrogen and oxygen atoms in total. The van der Waals surface area contributed by atoms with E-state index in [2.05, 4.69) is 15.8 Å². The molecule has 10 heteroatoms. The van der Waals surface area contributed by atoms with Crippen molar-refractivity contribution in [3.63, 3.8) is 0 Å². The maximum absolute atomic E-state index is 12.1. The van der Waals surface area contributed by atoms with Crippen molar-refractivity contribution in [2.45, 2.75) is 20.3 Å². The summed E-state index contributed by atoms with van der Waals surface area (Å²) < 4.78 is 0. The molecule has 3 N–H and O–H groups in total. The molecule has 2 rings (SSSR count). The van der Waals surface area contributed by atoms with Gasteiger partial charge in [-0.25, -0.2) is 5.43 Å². The summed E-state index contributed by atoms with van der Waals surface area (Å²) in [7, 11) is 0. The minimum Gasteiger partial charge on any atom is -0.507 e. The molecular weight excluding hydrogens is 388 g/mol. The van der Waals surface area contributed by atoms with Gasteiger partial charge in [0.15, 0.2) is 0 Å². The highest BCUT2D eigenvalue weighted by atomic mass is 35.5. The molecule has 0 aromatic heterocycles. The lowest BCUT2D eigenvalue weighted by atomic mass is 10.1. The van der Waals surface area contributed by atoms with Crippen molar-refractivity contribution in [1.82, 2.24) is 5.43 Å². The number of anilines is 1. The van der Waals surface area contributed by atoms with Crippen LogP contribution in [0.3, 0.4) is 0 Å². The third-order valence-corrected chi connectivity index (χ3v) is 3.91. The highest BCUT2D eigenvalue weighted by Gasteiger charge is 2.13. The average molecular weight is 405 g/mol. The number of non-ortho nitro benzene ring substituents is 1. The monoisotopic (exact) mass is 404 g/mol. The fourth-order valence-electron chi connectivity index (χ4n) is 2.22. The molecule has 0 spiro atoms. The molecule has 146 valence electrons. The minimum atomic E-state index is -0.686. The molecule has 2 amide bonds. The zero-order valence-electron chi connectivity index (χ0n) is 15.0. The quantitative estimate of drug-likeness (QED) is 0.385. The number of carbonyl (C=O) groups excluding carboxylic acids is 2. The van der Waals surface area contributed by atoms with Crippen LogP contribution < -0.4 is 10.7 Å². The lowest BCUT2D eigenvalue weighted by molar-refractivity contribution is -0.384. The number of benzene rings is 2. The van der Waals surface area contributed by atoms with E-state index in [9.17, 15) is 24.8 Å². The third kappa shape index (κ3) is 5.52. The summed E-state index contributed by atoms with van der Waals surface area (Å²) in [6.07, 6.45) is -0.149. The first kappa shape index (κ1) is 20.8. The van der Waals surface area contributed by atoms with Crippen molar-refractivity contribution in [2.75, 3.05) is 5.32 Å². The van der Waals surface area contributed by atoms with Crippen molar-refractivity contribution >= 4 is 40.5 Å². The van der Waals surface area contributed by atoms with Crippen LogP contribution in [0.1, 0.15) is 29.3 Å². The van der Waals surface area contributed by atoms with E-state index in [0.717, 1.165) is 0 Å². The summed E-state index contributed by atoms with van der Waals surface area (Å²) in [6.45, 7) is 3.23. The van der Waals surface area contributed by atoms with Gasteiger partial charge in [-0.05, 0) is 37.6 Å². The molecule has 0 aliphatic carbocycles. The molecule has 0 atom stereocenters. The molecule has 0 unspecified atom stereocenters. The van der Waals surface area contributed by atoms with Crippen LogP contribution >= 0.6 is 11.6 Å². The van der Waals surface area contributed by atoms with Crippen LogP contribution in [0.25, 0.3) is 0 Å². The number of nitrogens with zero attached hydrogens (tertiary/aromatic N) is 2. The molecule has 28 heavy (non-hydrogen) atoms. The zero-order chi connectivity index (χ0) is 20.8. The van der Waals surface area contributed by atoms with Gasteiger partial charge in [0.1, 0.15) is 5.75 Å². The van der Waals surface area contributed by atoms with Crippen LogP contribution in [-0.2, 0) is 4.79 Å². The number of nitro benzene ring substituents is 1. The molecule has 0 radical (unpaired) electrons. The van der Waals surface area contributed by atoms with E-state index in [4.69, 9.17) is 11.6 Å². The Hall–Kier alpha value is -3.46. The van der Waals surface area contributed by atoms with Gasteiger partial charge in [-0.1, -0.05) is 17.7 Å². The van der Waals surface area contributed by atoms with Gasteiger partial charge >= 0.3 is 0 Å². The van der Waals surface area contributed by atoms with Crippen LogP contribution in [0, 0.1) is 17.0 Å². The lowest BCUT2D eigenvalue weighted by Gasteiger charge is -2.08. The fraction of sp³-hybridized carbons (Fsp3) is 0.167. The van der Waals surface area contributed by atoms with E-state index in [-0.39, 0.29) is 34.2 Å². The highest BCUT2D eigenvalue weighted by Crippen LogP contribution is 2.22. The van der Waals surface area contributed by atoms with E-state index in [1.54, 1.807) is 6.92 Å². The first-order valence-electron chi connectivity index (χ1n) is 8.04. The van der Waals surface area contributed by atoms with Gasteiger partial charge in [0.2, 0.25) is 5.91 Å². The van der Waals surface area contributed by atoms with Crippen molar-refractivity contribution in [3.05, 3.63) is 62.7 Å². The molecule has 0 saturated heterocycles. The van der Waals surface area contributed by atoms with Crippen molar-refractivity contribution < 1.29 is 19.6 Å². The Morgan fingerprint density at radius 1 is 1.25 bits per heavy atom. The normalized spacial score (nSPS) is 11.0. The Labute approximate surface area is 165 Å². The number of rotatable bonds is 6. The second-order valence-electron chi connectivity index (χ2n) is 5.93. The summed E-state index contributed by atoms with van der Waals surface area (Å²) in [6, 6.07) is 8.15. The summed E-state index contributed by atoms with van der Waals surface area (Å²) in [4.78, 5) is 34.5. The number of nitro groups is 1. The number of aryl methyl sites for hydroxylation is 1. The van der Waals surface area contributed by atoms with E-state index >= 15 is 0 Å². The van der Waals surface area contributed by atoms with Crippen LogP contribution in [0.15, 0.2) is 41.5 Å². The van der Waals surface area contributed by atoms with Gasteiger partial charge in [0.25, 0.3) is 11.6 Å². The smallest absolute Gasteiger partial charge is 0.275 e. The number of hydrogen-bond donors (Lipinski definition) is 3. The van der Waals surface area contributed by atoms with Crippen molar-refractivity contribution in [1.29, 1.82) is 0 Å². The standard InChI is InChI=1S/C18H17ClN4O5/c1-10-3-5-13(23(27)28)9-15(10)20-17(25)7-11(2)21-22-18(26)14-8-12(19)4-6-16(14)24/h3-6,8-9,24H,7H2,1-2H3,(H,20,25)(H,22,26). The summed E-state index contributed by atoms with van der Waals surface area (Å²) in [5.74, 6) is -1.40. The second-order valence-corrected chi connectivity index (χ2v) is 6.37. The molecule has 0 saturated carbocycles. The molecule has 0 aliphatic heterocycles. The predicted octanol–water partition coefficient (Wildman–Crippen LogP) is 3.40.